The highest BCUT2D eigenvalue weighted by molar-refractivity contribution is 5.93. The van der Waals surface area contributed by atoms with E-state index in [2.05, 4.69) is 19.2 Å². The molecule has 0 aromatic heterocycles. The molecule has 2 N–H and O–H groups in total. The zero-order valence-electron chi connectivity index (χ0n) is 12.1. The van der Waals surface area contributed by atoms with Crippen LogP contribution in [0.1, 0.15) is 20.8 Å². The van der Waals surface area contributed by atoms with E-state index in [1.807, 2.05) is 12.2 Å². The van der Waals surface area contributed by atoms with E-state index in [1.54, 1.807) is 18.0 Å². The highest BCUT2D eigenvalue weighted by Crippen LogP contribution is 2.20. The molecule has 3 atom stereocenters. The Labute approximate surface area is 119 Å². The number of ether oxygens (including phenoxy) is 2. The van der Waals surface area contributed by atoms with Crippen molar-refractivity contribution in [2.75, 3.05) is 13.2 Å². The first-order valence-corrected chi connectivity index (χ1v) is 6.83. The SMILES string of the molecule is CC1=CN([C@H]2C=C[C@@H](COCC(C)C)O2)C(O)NC1=O. The molecule has 0 aromatic rings. The quantitative estimate of drug-likeness (QED) is 0.721. The summed E-state index contributed by atoms with van der Waals surface area (Å²) < 4.78 is 11.3. The molecule has 2 rings (SSSR count). The zero-order valence-corrected chi connectivity index (χ0v) is 12.1. The minimum absolute atomic E-state index is 0.128. The summed E-state index contributed by atoms with van der Waals surface area (Å²) in [6.45, 7) is 7.06. The van der Waals surface area contributed by atoms with Crippen molar-refractivity contribution in [3.8, 4) is 0 Å². The lowest BCUT2D eigenvalue weighted by molar-refractivity contribution is -0.139. The van der Waals surface area contributed by atoms with Gasteiger partial charge in [-0.25, -0.2) is 0 Å². The summed E-state index contributed by atoms with van der Waals surface area (Å²) in [7, 11) is 0. The van der Waals surface area contributed by atoms with Crippen molar-refractivity contribution in [1.82, 2.24) is 10.2 Å². The lowest BCUT2D eigenvalue weighted by Crippen LogP contribution is -2.53. The lowest BCUT2D eigenvalue weighted by atomic mass is 10.2. The Hall–Kier alpha value is -1.37. The largest absolute Gasteiger partial charge is 0.378 e. The van der Waals surface area contributed by atoms with Crippen LogP contribution in [0.25, 0.3) is 0 Å². The normalized spacial score (nSPS) is 29.9. The molecule has 0 bridgehead atoms. The number of hydrogen-bond acceptors (Lipinski definition) is 5. The van der Waals surface area contributed by atoms with Crippen LogP contribution in [0.4, 0.5) is 0 Å². The van der Waals surface area contributed by atoms with Gasteiger partial charge < -0.3 is 24.8 Å². The van der Waals surface area contributed by atoms with Crippen LogP contribution >= 0.6 is 0 Å². The van der Waals surface area contributed by atoms with E-state index >= 15 is 0 Å². The van der Waals surface area contributed by atoms with Crippen LogP contribution in [0.2, 0.25) is 0 Å². The highest BCUT2D eigenvalue weighted by atomic mass is 16.6. The van der Waals surface area contributed by atoms with Gasteiger partial charge in [-0.2, -0.15) is 0 Å². The van der Waals surface area contributed by atoms with Gasteiger partial charge in [0, 0.05) is 18.4 Å². The second kappa shape index (κ2) is 6.39. The third-order valence-electron chi connectivity index (χ3n) is 3.08. The fourth-order valence-electron chi connectivity index (χ4n) is 2.04. The molecule has 2 aliphatic rings. The number of amides is 1. The predicted molar refractivity (Wildman–Crippen MR) is 73.2 cm³/mol. The molecule has 0 saturated carbocycles. The van der Waals surface area contributed by atoms with Gasteiger partial charge in [0.15, 0.2) is 6.23 Å². The van der Waals surface area contributed by atoms with Gasteiger partial charge in [0.2, 0.25) is 6.35 Å². The molecule has 0 spiro atoms. The van der Waals surface area contributed by atoms with Crippen LogP contribution < -0.4 is 5.32 Å². The zero-order chi connectivity index (χ0) is 14.7. The molecular weight excluding hydrogens is 260 g/mol. The standard InChI is InChI=1S/C14H22N2O4/c1-9(2)7-19-8-11-4-5-12(20-11)16-6-10(3)13(17)15-14(16)18/h4-6,9,11-12,14,18H,7-8H2,1-3H3,(H,15,17)/t11-,12+,14?/m0/s1. The average Bonchev–Trinajstić information content (AvgIpc) is 2.82. The van der Waals surface area contributed by atoms with E-state index in [-0.39, 0.29) is 12.0 Å². The molecular formula is C14H22N2O4. The Kier molecular flexibility index (Phi) is 4.80. The first kappa shape index (κ1) is 15.0. The summed E-state index contributed by atoms with van der Waals surface area (Å²) in [5.41, 5.74) is 0.534. The third-order valence-corrected chi connectivity index (χ3v) is 3.08. The maximum atomic E-state index is 11.4. The molecule has 2 heterocycles. The van der Waals surface area contributed by atoms with E-state index in [0.717, 1.165) is 0 Å². The molecule has 0 fully saturated rings. The Morgan fingerprint density at radius 2 is 2.25 bits per heavy atom. The van der Waals surface area contributed by atoms with Gasteiger partial charge in [0.25, 0.3) is 5.91 Å². The number of nitrogens with one attached hydrogen (secondary N) is 1. The molecule has 1 unspecified atom stereocenters. The molecule has 6 nitrogen and oxygen atoms in total. The highest BCUT2D eigenvalue weighted by Gasteiger charge is 2.31. The fraction of sp³-hybridized carbons (Fsp3) is 0.643. The molecule has 112 valence electrons. The minimum Gasteiger partial charge on any atom is -0.378 e. The number of carbonyl (C=O) groups is 1. The van der Waals surface area contributed by atoms with E-state index < -0.39 is 12.6 Å². The van der Waals surface area contributed by atoms with Gasteiger partial charge in [-0.1, -0.05) is 19.9 Å². The molecule has 1 amide bonds. The average molecular weight is 282 g/mol. The number of nitrogens with zero attached hydrogens (tertiary/aromatic N) is 1. The number of rotatable bonds is 5. The predicted octanol–water partition coefficient (Wildman–Crippen LogP) is 0.552. The smallest absolute Gasteiger partial charge is 0.251 e. The molecule has 6 heteroatoms. The maximum Gasteiger partial charge on any atom is 0.251 e. The Morgan fingerprint density at radius 3 is 2.95 bits per heavy atom. The van der Waals surface area contributed by atoms with Crippen molar-refractivity contribution in [2.24, 2.45) is 5.92 Å². The summed E-state index contributed by atoms with van der Waals surface area (Å²) in [4.78, 5) is 13.0. The Morgan fingerprint density at radius 1 is 1.50 bits per heavy atom. The minimum atomic E-state index is -1.07. The first-order valence-electron chi connectivity index (χ1n) is 6.83. The van der Waals surface area contributed by atoms with Gasteiger partial charge in [-0.3, -0.25) is 4.79 Å². The van der Waals surface area contributed by atoms with E-state index in [0.29, 0.717) is 24.7 Å². The molecule has 2 aliphatic heterocycles. The van der Waals surface area contributed by atoms with E-state index in [9.17, 15) is 9.90 Å². The van der Waals surface area contributed by atoms with Crippen LogP contribution in [0.5, 0.6) is 0 Å². The van der Waals surface area contributed by atoms with Crippen LogP contribution in [0.3, 0.4) is 0 Å². The van der Waals surface area contributed by atoms with Crippen molar-refractivity contribution in [3.63, 3.8) is 0 Å². The van der Waals surface area contributed by atoms with Crippen molar-refractivity contribution >= 4 is 5.91 Å². The molecule has 20 heavy (non-hydrogen) atoms. The first-order chi connectivity index (χ1) is 9.47. The topological polar surface area (TPSA) is 71.0 Å². The lowest BCUT2D eigenvalue weighted by Gasteiger charge is -2.35. The van der Waals surface area contributed by atoms with Crippen LogP contribution in [0.15, 0.2) is 23.9 Å². The fourth-order valence-corrected chi connectivity index (χ4v) is 2.04. The second-order valence-electron chi connectivity index (χ2n) is 5.49. The van der Waals surface area contributed by atoms with Crippen molar-refractivity contribution in [1.29, 1.82) is 0 Å². The van der Waals surface area contributed by atoms with Crippen molar-refractivity contribution in [2.45, 2.75) is 39.5 Å². The van der Waals surface area contributed by atoms with Gasteiger partial charge in [0.1, 0.15) is 6.10 Å². The number of carbonyl (C=O) groups excluding carboxylic acids is 1. The van der Waals surface area contributed by atoms with Gasteiger partial charge in [-0.15, -0.1) is 0 Å². The number of aliphatic hydroxyl groups is 1. The summed E-state index contributed by atoms with van der Waals surface area (Å²) in [5, 5.41) is 12.3. The van der Waals surface area contributed by atoms with Crippen LogP contribution in [-0.4, -0.2) is 47.8 Å². The second-order valence-corrected chi connectivity index (χ2v) is 5.49. The van der Waals surface area contributed by atoms with E-state index in [4.69, 9.17) is 9.47 Å². The van der Waals surface area contributed by atoms with Gasteiger partial charge >= 0.3 is 0 Å². The van der Waals surface area contributed by atoms with Gasteiger partial charge in [-0.05, 0) is 18.9 Å². The third kappa shape index (κ3) is 3.59. The van der Waals surface area contributed by atoms with Crippen molar-refractivity contribution < 1.29 is 19.4 Å². The Bertz CT molecular complexity index is 419. The number of hydrogen-bond donors (Lipinski definition) is 2. The molecule has 0 aliphatic carbocycles. The monoisotopic (exact) mass is 282 g/mol. The number of aliphatic hydroxyl groups excluding tert-OH is 1. The summed E-state index contributed by atoms with van der Waals surface area (Å²) in [5.74, 6) is 0.216. The molecule has 0 radical (unpaired) electrons. The van der Waals surface area contributed by atoms with Crippen LogP contribution in [0, 0.1) is 5.92 Å². The van der Waals surface area contributed by atoms with Gasteiger partial charge in [0.05, 0.1) is 6.61 Å². The summed E-state index contributed by atoms with van der Waals surface area (Å²) >= 11 is 0. The Balaban J connectivity index is 1.87. The summed E-state index contributed by atoms with van der Waals surface area (Å²) in [6, 6.07) is 0. The molecule has 0 saturated heterocycles. The van der Waals surface area contributed by atoms with Crippen LogP contribution in [-0.2, 0) is 14.3 Å². The summed E-state index contributed by atoms with van der Waals surface area (Å²) in [6.07, 6.45) is 3.78. The maximum absolute atomic E-state index is 11.4. The van der Waals surface area contributed by atoms with E-state index in [1.165, 1.54) is 0 Å². The molecule has 0 aromatic carbocycles. The van der Waals surface area contributed by atoms with Crippen molar-refractivity contribution in [3.05, 3.63) is 23.9 Å².